The molecule has 1 heterocycles. The molecule has 0 spiro atoms. The lowest BCUT2D eigenvalue weighted by Crippen LogP contribution is -1.82. The molecule has 98 valence electrons. The first kappa shape index (κ1) is 13.1. The van der Waals surface area contributed by atoms with Crippen molar-refractivity contribution in [1.82, 2.24) is 4.98 Å². The minimum absolute atomic E-state index is 0.475. The molecule has 0 aliphatic heterocycles. The van der Waals surface area contributed by atoms with Gasteiger partial charge in [-0.05, 0) is 31.2 Å². The van der Waals surface area contributed by atoms with Crippen LogP contribution in [0.15, 0.2) is 36.4 Å². The van der Waals surface area contributed by atoms with E-state index in [9.17, 15) is 5.26 Å². The Labute approximate surface area is 126 Å². The lowest BCUT2D eigenvalue weighted by molar-refractivity contribution is 1.42. The van der Waals surface area contributed by atoms with Gasteiger partial charge in [0.2, 0.25) is 0 Å². The number of nitrogens with zero attached hydrogens (tertiary/aromatic N) is 1. The van der Waals surface area contributed by atoms with E-state index in [1.807, 2.05) is 31.2 Å². The van der Waals surface area contributed by atoms with Gasteiger partial charge in [-0.25, -0.2) is 0 Å². The molecule has 0 aliphatic carbocycles. The fourth-order valence-electron chi connectivity index (χ4n) is 2.29. The van der Waals surface area contributed by atoms with Crippen molar-refractivity contribution in [1.29, 1.82) is 5.26 Å². The van der Waals surface area contributed by atoms with Crippen LogP contribution in [0.3, 0.4) is 0 Å². The number of nitrogens with one attached hydrogen (secondary N) is 1. The second-order valence-electron chi connectivity index (χ2n) is 4.66. The largest absolute Gasteiger partial charge is 0.353 e. The Balaban J connectivity index is 2.31. The highest BCUT2D eigenvalue weighted by Gasteiger charge is 2.13. The van der Waals surface area contributed by atoms with Gasteiger partial charge in [0.1, 0.15) is 6.07 Å². The average molecular weight is 301 g/mol. The van der Waals surface area contributed by atoms with Crippen molar-refractivity contribution in [3.8, 4) is 17.3 Å². The van der Waals surface area contributed by atoms with Gasteiger partial charge in [-0.1, -0.05) is 40.9 Å². The van der Waals surface area contributed by atoms with Crippen molar-refractivity contribution < 1.29 is 0 Å². The third-order valence-electron chi connectivity index (χ3n) is 3.27. The number of halogens is 2. The summed E-state index contributed by atoms with van der Waals surface area (Å²) in [7, 11) is 0. The Morgan fingerprint density at radius 1 is 1.05 bits per heavy atom. The molecule has 0 bridgehead atoms. The molecule has 2 aromatic carbocycles. The monoisotopic (exact) mass is 300 g/mol. The lowest BCUT2D eigenvalue weighted by Gasteiger charge is -2.01. The molecule has 1 N–H and O–H groups in total. The number of nitriles is 1. The quantitative estimate of drug-likeness (QED) is 0.649. The van der Waals surface area contributed by atoms with Crippen LogP contribution in [0.1, 0.15) is 11.1 Å². The molecule has 0 saturated carbocycles. The molecule has 0 aliphatic rings. The van der Waals surface area contributed by atoms with E-state index in [0.29, 0.717) is 15.6 Å². The van der Waals surface area contributed by atoms with Crippen LogP contribution in [0.4, 0.5) is 0 Å². The first-order valence-electron chi connectivity index (χ1n) is 6.08. The van der Waals surface area contributed by atoms with Crippen LogP contribution in [-0.4, -0.2) is 4.98 Å². The Morgan fingerprint density at radius 3 is 2.55 bits per heavy atom. The Kier molecular flexibility index (Phi) is 3.17. The fourth-order valence-corrected chi connectivity index (χ4v) is 2.59. The van der Waals surface area contributed by atoms with Crippen molar-refractivity contribution in [2.45, 2.75) is 6.92 Å². The molecule has 0 amide bonds. The summed E-state index contributed by atoms with van der Waals surface area (Å²) < 4.78 is 0. The van der Waals surface area contributed by atoms with Crippen molar-refractivity contribution in [3.05, 3.63) is 57.6 Å². The maximum atomic E-state index is 9.45. The fraction of sp³-hybridized carbons (Fsp3) is 0.0625. The van der Waals surface area contributed by atoms with Crippen LogP contribution < -0.4 is 0 Å². The summed E-state index contributed by atoms with van der Waals surface area (Å²) in [4.78, 5) is 3.28. The summed E-state index contributed by atoms with van der Waals surface area (Å²) in [6.45, 7) is 2.01. The molecule has 0 saturated heterocycles. The maximum absolute atomic E-state index is 9.45. The Morgan fingerprint density at radius 2 is 1.85 bits per heavy atom. The van der Waals surface area contributed by atoms with Gasteiger partial charge in [0.25, 0.3) is 0 Å². The predicted molar refractivity (Wildman–Crippen MR) is 83.2 cm³/mol. The zero-order chi connectivity index (χ0) is 14.3. The summed E-state index contributed by atoms with van der Waals surface area (Å²) in [5.74, 6) is 0. The Hall–Kier alpha value is -1.95. The van der Waals surface area contributed by atoms with Crippen LogP contribution in [0.2, 0.25) is 10.0 Å². The molecule has 4 heteroatoms. The van der Waals surface area contributed by atoms with Crippen molar-refractivity contribution in [3.63, 3.8) is 0 Å². The van der Waals surface area contributed by atoms with Crippen LogP contribution >= 0.6 is 23.2 Å². The number of H-pyrrole nitrogens is 1. The molecular formula is C16H10Cl2N2. The molecule has 0 unspecified atom stereocenters. The zero-order valence-corrected chi connectivity index (χ0v) is 12.2. The topological polar surface area (TPSA) is 39.6 Å². The number of aryl methyl sites for hydroxylation is 1. The molecule has 3 rings (SSSR count). The molecule has 0 fully saturated rings. The van der Waals surface area contributed by atoms with Crippen LogP contribution in [0.25, 0.3) is 22.2 Å². The standard InChI is InChI=1S/C16H10Cl2N2/c1-9-2-5-15-11(6-9)12(8-19)16(20-15)10-3-4-13(17)14(18)7-10/h2-7,20H,1H3. The van der Waals surface area contributed by atoms with E-state index < -0.39 is 0 Å². The molecule has 1 aromatic heterocycles. The SMILES string of the molecule is Cc1ccc2[nH]c(-c3ccc(Cl)c(Cl)c3)c(C#N)c2c1. The van der Waals surface area contributed by atoms with Gasteiger partial charge in [-0.3, -0.25) is 0 Å². The minimum atomic E-state index is 0.475. The molecule has 0 atom stereocenters. The third kappa shape index (κ3) is 2.06. The van der Waals surface area contributed by atoms with Crippen LogP contribution in [-0.2, 0) is 0 Å². The molecule has 3 aromatic rings. The van der Waals surface area contributed by atoms with Gasteiger partial charge in [-0.2, -0.15) is 5.26 Å². The molecule has 20 heavy (non-hydrogen) atoms. The van der Waals surface area contributed by atoms with Crippen LogP contribution in [0, 0.1) is 18.3 Å². The number of hydrogen-bond donors (Lipinski definition) is 1. The van der Waals surface area contributed by atoms with Gasteiger partial charge in [0.05, 0.1) is 21.3 Å². The summed E-state index contributed by atoms with van der Waals surface area (Å²) in [6.07, 6.45) is 0. The number of aromatic nitrogens is 1. The van der Waals surface area contributed by atoms with E-state index in [4.69, 9.17) is 23.2 Å². The van der Waals surface area contributed by atoms with Crippen LogP contribution in [0.5, 0.6) is 0 Å². The van der Waals surface area contributed by atoms with Gasteiger partial charge in [0, 0.05) is 16.5 Å². The van der Waals surface area contributed by atoms with E-state index in [1.54, 1.807) is 12.1 Å². The second kappa shape index (κ2) is 4.86. The number of aromatic amines is 1. The zero-order valence-electron chi connectivity index (χ0n) is 10.7. The number of rotatable bonds is 1. The van der Waals surface area contributed by atoms with E-state index in [-0.39, 0.29) is 0 Å². The van der Waals surface area contributed by atoms with E-state index >= 15 is 0 Å². The lowest BCUT2D eigenvalue weighted by atomic mass is 10.1. The smallest absolute Gasteiger partial charge is 0.102 e. The maximum Gasteiger partial charge on any atom is 0.102 e. The molecular weight excluding hydrogens is 291 g/mol. The van der Waals surface area contributed by atoms with Crippen molar-refractivity contribution >= 4 is 34.1 Å². The van der Waals surface area contributed by atoms with E-state index in [1.165, 1.54) is 0 Å². The Bertz CT molecular complexity index is 857. The van der Waals surface area contributed by atoms with Crippen molar-refractivity contribution in [2.24, 2.45) is 0 Å². The minimum Gasteiger partial charge on any atom is -0.353 e. The number of fused-ring (bicyclic) bond motifs is 1. The van der Waals surface area contributed by atoms with E-state index in [0.717, 1.165) is 27.7 Å². The highest BCUT2D eigenvalue weighted by molar-refractivity contribution is 6.42. The number of benzene rings is 2. The van der Waals surface area contributed by atoms with Gasteiger partial charge in [-0.15, -0.1) is 0 Å². The first-order chi connectivity index (χ1) is 9.60. The first-order valence-corrected chi connectivity index (χ1v) is 6.83. The predicted octanol–water partition coefficient (Wildman–Crippen LogP) is 5.32. The van der Waals surface area contributed by atoms with Gasteiger partial charge < -0.3 is 4.98 Å². The normalized spacial score (nSPS) is 10.7. The summed E-state index contributed by atoms with van der Waals surface area (Å²) in [5, 5.41) is 11.4. The summed E-state index contributed by atoms with van der Waals surface area (Å²) >= 11 is 12.0. The summed E-state index contributed by atoms with van der Waals surface area (Å²) in [6, 6.07) is 13.6. The summed E-state index contributed by atoms with van der Waals surface area (Å²) in [5.41, 5.74) is 4.31. The van der Waals surface area contributed by atoms with Gasteiger partial charge >= 0.3 is 0 Å². The third-order valence-corrected chi connectivity index (χ3v) is 4.01. The van der Waals surface area contributed by atoms with E-state index in [2.05, 4.69) is 11.1 Å². The molecule has 2 nitrogen and oxygen atoms in total. The highest BCUT2D eigenvalue weighted by atomic mass is 35.5. The molecule has 0 radical (unpaired) electrons. The second-order valence-corrected chi connectivity index (χ2v) is 5.48. The van der Waals surface area contributed by atoms with Gasteiger partial charge in [0.15, 0.2) is 0 Å². The highest BCUT2D eigenvalue weighted by Crippen LogP contribution is 2.33. The average Bonchev–Trinajstić information content (AvgIpc) is 2.79. The van der Waals surface area contributed by atoms with Crippen molar-refractivity contribution in [2.75, 3.05) is 0 Å². The number of hydrogen-bond acceptors (Lipinski definition) is 1.